The van der Waals surface area contributed by atoms with Crippen LogP contribution >= 0.6 is 0 Å². The highest BCUT2D eigenvalue weighted by atomic mass is 19.1. The minimum atomic E-state index is -1.55. The second-order valence-electron chi connectivity index (χ2n) is 6.18. The van der Waals surface area contributed by atoms with Gasteiger partial charge in [0.25, 0.3) is 0 Å². The molecule has 1 aromatic carbocycles. The van der Waals surface area contributed by atoms with Crippen LogP contribution in [0.4, 0.5) is 10.2 Å². The number of rotatable bonds is 5. The number of nitrogen functional groups attached to an aromatic ring is 1. The normalized spacial score (nSPS) is 23.3. The maximum atomic E-state index is 15.0. The van der Waals surface area contributed by atoms with Gasteiger partial charge in [0.05, 0.1) is 26.1 Å². The molecule has 0 amide bonds. The molecule has 2 atom stereocenters. The van der Waals surface area contributed by atoms with Crippen molar-refractivity contribution in [1.82, 2.24) is 19.5 Å². The fourth-order valence-corrected chi connectivity index (χ4v) is 2.96. The summed E-state index contributed by atoms with van der Waals surface area (Å²) in [5.74, 6) is 0.291. The first-order valence-electron chi connectivity index (χ1n) is 8.00. The molecule has 0 bridgehead atoms. The number of alkyl halides is 1. The lowest BCUT2D eigenvalue weighted by Gasteiger charge is -2.18. The van der Waals surface area contributed by atoms with Gasteiger partial charge in [0, 0.05) is 6.42 Å². The lowest BCUT2D eigenvalue weighted by molar-refractivity contribution is -0.00391. The van der Waals surface area contributed by atoms with Gasteiger partial charge in [-0.15, -0.1) is 0 Å². The third-order valence-electron chi connectivity index (χ3n) is 4.24. The number of hydrogen-bond donors (Lipinski definition) is 1. The molecule has 130 valence electrons. The van der Waals surface area contributed by atoms with E-state index in [-0.39, 0.29) is 19.6 Å². The van der Waals surface area contributed by atoms with E-state index in [0.29, 0.717) is 23.6 Å². The number of benzene rings is 1. The highest BCUT2D eigenvalue weighted by Gasteiger charge is 2.42. The van der Waals surface area contributed by atoms with Crippen molar-refractivity contribution in [3.05, 3.63) is 48.5 Å². The second-order valence-corrected chi connectivity index (χ2v) is 6.18. The third kappa shape index (κ3) is 3.18. The van der Waals surface area contributed by atoms with Crippen molar-refractivity contribution in [2.45, 2.75) is 24.9 Å². The first-order chi connectivity index (χ1) is 12.1. The highest BCUT2D eigenvalue weighted by Crippen LogP contribution is 2.36. The molecule has 4 rings (SSSR count). The monoisotopic (exact) mass is 343 g/mol. The molecule has 8 heteroatoms. The van der Waals surface area contributed by atoms with Crippen molar-refractivity contribution in [3.63, 3.8) is 0 Å². The second kappa shape index (κ2) is 6.38. The van der Waals surface area contributed by atoms with E-state index in [9.17, 15) is 4.39 Å². The predicted octanol–water partition coefficient (Wildman–Crippen LogP) is 2.25. The summed E-state index contributed by atoms with van der Waals surface area (Å²) in [5.41, 5.74) is 6.27. The van der Waals surface area contributed by atoms with Gasteiger partial charge < -0.3 is 15.2 Å². The zero-order valence-corrected chi connectivity index (χ0v) is 13.5. The van der Waals surface area contributed by atoms with Crippen LogP contribution in [-0.2, 0) is 16.1 Å². The number of fused-ring (bicyclic) bond motifs is 1. The van der Waals surface area contributed by atoms with Gasteiger partial charge in [0.15, 0.2) is 17.1 Å². The molecule has 3 aromatic rings. The van der Waals surface area contributed by atoms with Crippen LogP contribution in [0.5, 0.6) is 0 Å². The van der Waals surface area contributed by atoms with Crippen LogP contribution < -0.4 is 5.73 Å². The molecule has 1 aliphatic heterocycles. The van der Waals surface area contributed by atoms with Gasteiger partial charge in [-0.1, -0.05) is 30.3 Å². The topological polar surface area (TPSA) is 88.1 Å². The molecule has 1 fully saturated rings. The predicted molar refractivity (Wildman–Crippen MR) is 89.3 cm³/mol. The van der Waals surface area contributed by atoms with Crippen LogP contribution in [0.2, 0.25) is 0 Å². The minimum Gasteiger partial charge on any atom is -0.382 e. The van der Waals surface area contributed by atoms with Gasteiger partial charge in [-0.2, -0.15) is 0 Å². The molecule has 0 saturated carbocycles. The standard InChI is InChI=1S/C17H18FN5O2/c18-17(8-24-7-12-4-2-1-3-5-12)6-13(25-9-17)23-11-22-14-15(19)20-10-21-16(14)23/h1-5,10-11,13H,6-9H2,(H2,19,20,21)/t13-,17+/m1/s1. The number of ether oxygens (including phenoxy) is 2. The van der Waals surface area contributed by atoms with Gasteiger partial charge in [0.2, 0.25) is 0 Å². The van der Waals surface area contributed by atoms with E-state index in [0.717, 1.165) is 5.56 Å². The van der Waals surface area contributed by atoms with Crippen LogP contribution in [0, 0.1) is 0 Å². The fourth-order valence-electron chi connectivity index (χ4n) is 2.96. The van der Waals surface area contributed by atoms with E-state index in [2.05, 4.69) is 15.0 Å². The van der Waals surface area contributed by atoms with Crippen LogP contribution in [0.15, 0.2) is 43.0 Å². The molecule has 25 heavy (non-hydrogen) atoms. The summed E-state index contributed by atoms with van der Waals surface area (Å²) in [4.78, 5) is 12.3. The first kappa shape index (κ1) is 15.9. The van der Waals surface area contributed by atoms with E-state index in [4.69, 9.17) is 15.2 Å². The van der Waals surface area contributed by atoms with Gasteiger partial charge in [-0.3, -0.25) is 4.57 Å². The Balaban J connectivity index is 1.42. The average molecular weight is 343 g/mol. The zero-order chi connectivity index (χ0) is 17.3. The molecular formula is C17H18FN5O2. The summed E-state index contributed by atoms with van der Waals surface area (Å²) in [6, 6.07) is 9.68. The van der Waals surface area contributed by atoms with Gasteiger partial charge >= 0.3 is 0 Å². The summed E-state index contributed by atoms with van der Waals surface area (Å²) in [5, 5.41) is 0. The van der Waals surface area contributed by atoms with Crippen molar-refractivity contribution in [2.75, 3.05) is 18.9 Å². The maximum Gasteiger partial charge on any atom is 0.167 e. The van der Waals surface area contributed by atoms with Crippen LogP contribution in [0.1, 0.15) is 18.2 Å². The Labute approximate surface area is 143 Å². The molecule has 2 N–H and O–H groups in total. The summed E-state index contributed by atoms with van der Waals surface area (Å²) < 4.78 is 27.9. The fraction of sp³-hybridized carbons (Fsp3) is 0.353. The minimum absolute atomic E-state index is 0.0256. The Kier molecular flexibility index (Phi) is 4.06. The third-order valence-corrected chi connectivity index (χ3v) is 4.24. The number of imidazole rings is 1. The molecular weight excluding hydrogens is 325 g/mol. The number of nitrogens with two attached hydrogens (primary N) is 1. The summed E-state index contributed by atoms with van der Waals surface area (Å²) >= 11 is 0. The molecule has 0 unspecified atom stereocenters. The maximum absolute atomic E-state index is 15.0. The molecule has 2 aromatic heterocycles. The SMILES string of the molecule is Nc1ncnc2c1ncn2[C@H]1C[C@](F)(COCc2ccccc2)CO1. The Bertz CT molecular complexity index is 872. The van der Waals surface area contributed by atoms with E-state index in [1.165, 1.54) is 6.33 Å². The molecule has 1 aliphatic rings. The van der Waals surface area contributed by atoms with E-state index >= 15 is 0 Å². The number of nitrogens with zero attached hydrogens (tertiary/aromatic N) is 4. The Morgan fingerprint density at radius 1 is 1.28 bits per heavy atom. The van der Waals surface area contributed by atoms with Crippen molar-refractivity contribution in [3.8, 4) is 0 Å². The molecule has 0 radical (unpaired) electrons. The van der Waals surface area contributed by atoms with Crippen molar-refractivity contribution in [2.24, 2.45) is 0 Å². The Morgan fingerprint density at radius 2 is 2.12 bits per heavy atom. The van der Waals surface area contributed by atoms with Crippen LogP contribution in [-0.4, -0.2) is 38.4 Å². The van der Waals surface area contributed by atoms with E-state index in [1.807, 2.05) is 30.3 Å². The van der Waals surface area contributed by atoms with Gasteiger partial charge in [0.1, 0.15) is 18.1 Å². The Hall–Kier alpha value is -2.58. The smallest absolute Gasteiger partial charge is 0.167 e. The Morgan fingerprint density at radius 3 is 2.96 bits per heavy atom. The van der Waals surface area contributed by atoms with Gasteiger partial charge in [-0.05, 0) is 5.56 Å². The molecule has 0 spiro atoms. The lowest BCUT2D eigenvalue weighted by Crippen LogP contribution is -2.29. The van der Waals surface area contributed by atoms with Crippen LogP contribution in [0.25, 0.3) is 11.2 Å². The largest absolute Gasteiger partial charge is 0.382 e. The average Bonchev–Trinajstić information content (AvgIpc) is 3.21. The lowest BCUT2D eigenvalue weighted by atomic mass is 10.1. The number of halogens is 1. The van der Waals surface area contributed by atoms with Crippen molar-refractivity contribution >= 4 is 17.0 Å². The van der Waals surface area contributed by atoms with Crippen molar-refractivity contribution in [1.29, 1.82) is 0 Å². The number of hydrogen-bond acceptors (Lipinski definition) is 6. The van der Waals surface area contributed by atoms with E-state index in [1.54, 1.807) is 10.9 Å². The summed E-state index contributed by atoms with van der Waals surface area (Å²) in [6.45, 7) is 0.309. The summed E-state index contributed by atoms with van der Waals surface area (Å²) in [7, 11) is 0. The van der Waals surface area contributed by atoms with Crippen LogP contribution in [0.3, 0.4) is 0 Å². The first-order valence-corrected chi connectivity index (χ1v) is 8.00. The molecule has 7 nitrogen and oxygen atoms in total. The molecule has 0 aliphatic carbocycles. The summed E-state index contributed by atoms with van der Waals surface area (Å²) in [6.07, 6.45) is 2.58. The number of aromatic nitrogens is 4. The van der Waals surface area contributed by atoms with Gasteiger partial charge in [-0.25, -0.2) is 19.3 Å². The molecule has 3 heterocycles. The number of anilines is 1. The van der Waals surface area contributed by atoms with E-state index < -0.39 is 11.9 Å². The highest BCUT2D eigenvalue weighted by molar-refractivity contribution is 5.81. The zero-order valence-electron chi connectivity index (χ0n) is 13.5. The molecule has 1 saturated heterocycles. The van der Waals surface area contributed by atoms with Crippen molar-refractivity contribution < 1.29 is 13.9 Å². The quantitative estimate of drug-likeness (QED) is 0.764.